The fourth-order valence-corrected chi connectivity index (χ4v) is 1.48. The third-order valence-corrected chi connectivity index (χ3v) is 2.39. The lowest BCUT2D eigenvalue weighted by Gasteiger charge is -2.03. The van der Waals surface area contributed by atoms with Gasteiger partial charge in [0.1, 0.15) is 0 Å². The van der Waals surface area contributed by atoms with Gasteiger partial charge in [0.2, 0.25) is 0 Å². The van der Waals surface area contributed by atoms with Gasteiger partial charge in [-0.15, -0.1) is 0 Å². The van der Waals surface area contributed by atoms with E-state index in [2.05, 4.69) is 9.05 Å². The molecule has 0 radical (unpaired) electrons. The van der Waals surface area contributed by atoms with Gasteiger partial charge in [0, 0.05) is 0 Å². The van der Waals surface area contributed by atoms with Crippen molar-refractivity contribution in [1.82, 2.24) is 24.6 Å². The first-order chi connectivity index (χ1) is 7.12. The van der Waals surface area contributed by atoms with E-state index >= 15 is 0 Å². The average Bonchev–Trinajstić information content (AvgIpc) is 1.99. The number of hydrogen-bond acceptors (Lipinski definition) is 10. The fraction of sp³-hybridized carbons (Fsp3) is 1.00. The molecule has 0 saturated carbocycles. The van der Waals surface area contributed by atoms with Crippen molar-refractivity contribution in [2.75, 3.05) is 26.4 Å². The molecule has 0 unspecified atom stereocenters. The summed E-state index contributed by atoms with van der Waals surface area (Å²) in [4.78, 5) is 31.0. The molecule has 0 spiro atoms. The van der Waals surface area contributed by atoms with Gasteiger partial charge in [-0.2, -0.15) is 4.31 Å². The molecule has 18 N–H and O–H groups in total. The number of aliphatic hydroxyl groups is 2. The van der Waals surface area contributed by atoms with Crippen LogP contribution < -0.4 is 24.6 Å². The highest BCUT2D eigenvalue weighted by molar-refractivity contribution is 7.60. The zero-order valence-corrected chi connectivity index (χ0v) is 12.7. The van der Waals surface area contributed by atoms with Crippen LogP contribution in [0.1, 0.15) is 0 Å². The van der Waals surface area contributed by atoms with Gasteiger partial charge in [0.15, 0.2) is 0 Å². The number of phosphoric acid groups is 2. The molecule has 0 saturated heterocycles. The van der Waals surface area contributed by atoms with Gasteiger partial charge in [-0.3, -0.25) is 0 Å². The first kappa shape index (κ1) is 36.8. The topological polar surface area (TPSA) is 314 Å². The van der Waals surface area contributed by atoms with Crippen molar-refractivity contribution >= 4 is 15.6 Å². The van der Waals surface area contributed by atoms with E-state index in [9.17, 15) is 9.13 Å². The minimum atomic E-state index is -5.05. The normalized spacial score (nSPS) is 9.50. The van der Waals surface area contributed by atoms with Crippen LogP contribution in [0.4, 0.5) is 0 Å². The molecule has 0 bridgehead atoms. The predicted octanol–water partition coefficient (Wildman–Crippen LogP) is -1.18. The summed E-state index contributed by atoms with van der Waals surface area (Å²) in [6.45, 7) is 0.696. The summed E-state index contributed by atoms with van der Waals surface area (Å²) in [5.74, 6) is 0. The standard InChI is InChI=1S/C4H10O3.4H3N.H4O7P2/c5-1-3-7-4-2-6;;;;;1-8(2,3)7-9(4,5)6/h5-6H,1-4H2;4*1H3;(H2,1,2,3)(H2,4,5,6). The highest BCUT2D eigenvalue weighted by Gasteiger charge is 2.27. The summed E-state index contributed by atoms with van der Waals surface area (Å²) in [5, 5.41) is 16.2. The van der Waals surface area contributed by atoms with E-state index in [-0.39, 0.29) is 37.8 Å². The second-order valence-corrected chi connectivity index (χ2v) is 4.74. The highest BCUT2D eigenvalue weighted by atomic mass is 31.3. The molecule has 0 aromatic carbocycles. The van der Waals surface area contributed by atoms with Gasteiger partial charge in [0.25, 0.3) is 0 Å². The Balaban J connectivity index is -0.0000000416. The number of hydrogen-bond donors (Lipinski definition) is 10. The van der Waals surface area contributed by atoms with Crippen LogP contribution >= 0.6 is 15.6 Å². The van der Waals surface area contributed by atoms with E-state index in [1.54, 1.807) is 0 Å². The molecule has 132 valence electrons. The molecule has 0 aliphatic carbocycles. The van der Waals surface area contributed by atoms with E-state index < -0.39 is 15.6 Å². The molecule has 0 aliphatic heterocycles. The Kier molecular flexibility index (Phi) is 34.9. The number of aliphatic hydroxyl groups excluding tert-OH is 2. The van der Waals surface area contributed by atoms with Gasteiger partial charge < -0.3 is 59.1 Å². The third kappa shape index (κ3) is 52.0. The van der Waals surface area contributed by atoms with E-state index in [4.69, 9.17) is 29.8 Å². The molecular formula is C4H26N4O10P2. The molecule has 0 amide bonds. The largest absolute Gasteiger partial charge is 0.478 e. The number of rotatable bonds is 6. The monoisotopic (exact) mass is 352 g/mol. The summed E-state index contributed by atoms with van der Waals surface area (Å²) in [7, 11) is -10.1. The maximum absolute atomic E-state index is 9.63. The maximum Gasteiger partial charge on any atom is 0.478 e. The summed E-state index contributed by atoms with van der Waals surface area (Å²) in [6.07, 6.45) is 0. The summed E-state index contributed by atoms with van der Waals surface area (Å²) >= 11 is 0. The lowest BCUT2D eigenvalue weighted by atomic mass is 10.7. The summed E-state index contributed by atoms with van der Waals surface area (Å²) < 4.78 is 26.8. The van der Waals surface area contributed by atoms with Crippen LogP contribution in [-0.2, 0) is 18.2 Å². The molecule has 16 heteroatoms. The van der Waals surface area contributed by atoms with Crippen molar-refractivity contribution in [1.29, 1.82) is 0 Å². The smallest absolute Gasteiger partial charge is 0.394 e. The molecular weight excluding hydrogens is 326 g/mol. The van der Waals surface area contributed by atoms with E-state index in [1.807, 2.05) is 0 Å². The Morgan fingerprint density at radius 3 is 1.05 bits per heavy atom. The van der Waals surface area contributed by atoms with Crippen LogP contribution in [0, 0.1) is 0 Å². The second kappa shape index (κ2) is 19.0. The quantitative estimate of drug-likeness (QED) is 0.199. The van der Waals surface area contributed by atoms with E-state index in [0.717, 1.165) is 0 Å². The third-order valence-electron chi connectivity index (χ3n) is 0.684. The summed E-state index contributed by atoms with van der Waals surface area (Å²) in [5.41, 5.74) is 0. The molecule has 14 nitrogen and oxygen atoms in total. The minimum Gasteiger partial charge on any atom is -0.394 e. The zero-order valence-electron chi connectivity index (χ0n) is 10.9. The van der Waals surface area contributed by atoms with Crippen molar-refractivity contribution < 1.29 is 48.0 Å². The zero-order chi connectivity index (χ0) is 13.2. The first-order valence-corrected chi connectivity index (χ1v) is 6.80. The molecule has 0 aromatic heterocycles. The maximum atomic E-state index is 9.63. The lowest BCUT2D eigenvalue weighted by Crippen LogP contribution is -2.03. The Hall–Kier alpha value is -0.0200. The van der Waals surface area contributed by atoms with Gasteiger partial charge in [-0.05, 0) is 0 Å². The van der Waals surface area contributed by atoms with Crippen molar-refractivity contribution in [3.8, 4) is 0 Å². The van der Waals surface area contributed by atoms with Crippen LogP contribution in [-0.4, -0.2) is 56.2 Å². The minimum absolute atomic E-state index is 0. The Labute approximate surface area is 115 Å². The molecule has 0 heterocycles. The van der Waals surface area contributed by atoms with Crippen LogP contribution in [0.25, 0.3) is 0 Å². The Morgan fingerprint density at radius 1 is 0.700 bits per heavy atom. The summed E-state index contributed by atoms with van der Waals surface area (Å²) in [6, 6.07) is 0. The Morgan fingerprint density at radius 2 is 0.950 bits per heavy atom. The molecule has 20 heavy (non-hydrogen) atoms. The van der Waals surface area contributed by atoms with E-state index in [1.165, 1.54) is 0 Å². The van der Waals surface area contributed by atoms with Gasteiger partial charge in [0.05, 0.1) is 26.4 Å². The van der Waals surface area contributed by atoms with Crippen molar-refractivity contribution in [2.24, 2.45) is 0 Å². The molecule has 0 atom stereocenters. The van der Waals surface area contributed by atoms with Gasteiger partial charge >= 0.3 is 15.6 Å². The van der Waals surface area contributed by atoms with Crippen LogP contribution in [0.3, 0.4) is 0 Å². The van der Waals surface area contributed by atoms with E-state index in [0.29, 0.717) is 13.2 Å². The van der Waals surface area contributed by atoms with Gasteiger partial charge in [-0.1, -0.05) is 0 Å². The van der Waals surface area contributed by atoms with Crippen molar-refractivity contribution in [3.05, 3.63) is 0 Å². The first-order valence-electron chi connectivity index (χ1n) is 3.74. The fourth-order valence-electron chi connectivity index (χ4n) is 0.370. The average molecular weight is 352 g/mol. The molecule has 0 rings (SSSR count). The predicted molar refractivity (Wildman–Crippen MR) is 70.3 cm³/mol. The SMILES string of the molecule is N.N.N.N.O=P(O)(O)OP(=O)(O)O.OCCOCCO. The van der Waals surface area contributed by atoms with Crippen LogP contribution in [0.15, 0.2) is 0 Å². The van der Waals surface area contributed by atoms with Crippen LogP contribution in [0.5, 0.6) is 0 Å². The number of ether oxygens (including phenoxy) is 1. The molecule has 0 aliphatic rings. The second-order valence-electron chi connectivity index (χ2n) is 2.12. The lowest BCUT2D eigenvalue weighted by molar-refractivity contribution is 0.0650. The highest BCUT2D eigenvalue weighted by Crippen LogP contribution is 2.53. The Bertz CT molecular complexity index is 232. The molecule has 0 aromatic rings. The van der Waals surface area contributed by atoms with Crippen molar-refractivity contribution in [2.45, 2.75) is 0 Å². The van der Waals surface area contributed by atoms with Gasteiger partial charge in [-0.25, -0.2) is 9.13 Å². The van der Waals surface area contributed by atoms with Crippen molar-refractivity contribution in [3.63, 3.8) is 0 Å². The molecule has 0 fully saturated rings. The van der Waals surface area contributed by atoms with Crippen LogP contribution in [0.2, 0.25) is 0 Å².